The minimum Gasteiger partial charge on any atom is -0.462 e. The van der Waals surface area contributed by atoms with Crippen LogP contribution in [0.4, 0.5) is 0 Å². The van der Waals surface area contributed by atoms with Crippen LogP contribution in [0, 0.1) is 0 Å². The van der Waals surface area contributed by atoms with Crippen molar-refractivity contribution in [2.24, 2.45) is 0 Å². The molecule has 1 unspecified atom stereocenters. The van der Waals surface area contributed by atoms with E-state index in [2.05, 4.69) is 81.5 Å². The maximum atomic E-state index is 13.0. The van der Waals surface area contributed by atoms with E-state index in [1.807, 2.05) is 0 Å². The molecule has 0 fully saturated rings. The van der Waals surface area contributed by atoms with Crippen LogP contribution in [0.3, 0.4) is 0 Å². The lowest BCUT2D eigenvalue weighted by molar-refractivity contribution is -0.167. The molecule has 1 atom stereocenters. The molecule has 484 valence electrons. The Labute approximate surface area is 517 Å². The van der Waals surface area contributed by atoms with Crippen LogP contribution in [0.5, 0.6) is 0 Å². The zero-order chi connectivity index (χ0) is 59.9. The summed E-state index contributed by atoms with van der Waals surface area (Å²) in [5.74, 6) is -0.848. The lowest BCUT2D eigenvalue weighted by Gasteiger charge is -2.18. The summed E-state index contributed by atoms with van der Waals surface area (Å²) in [6.45, 7) is 6.59. The van der Waals surface area contributed by atoms with Gasteiger partial charge in [0.15, 0.2) is 6.10 Å². The lowest BCUT2D eigenvalue weighted by Crippen LogP contribution is -2.30. The molecular formula is C77H140O6. The van der Waals surface area contributed by atoms with Crippen LogP contribution >= 0.6 is 0 Å². The van der Waals surface area contributed by atoms with E-state index in [1.165, 1.54) is 270 Å². The fourth-order valence-corrected chi connectivity index (χ4v) is 11.0. The minimum absolute atomic E-state index is 0.0706. The highest BCUT2D eigenvalue weighted by Gasteiger charge is 2.19. The largest absolute Gasteiger partial charge is 0.462 e. The molecular weight excluding hydrogens is 1020 g/mol. The van der Waals surface area contributed by atoms with Crippen molar-refractivity contribution in [3.05, 3.63) is 60.8 Å². The second-order valence-corrected chi connectivity index (χ2v) is 24.8. The van der Waals surface area contributed by atoms with Gasteiger partial charge < -0.3 is 14.2 Å². The molecule has 0 bridgehead atoms. The normalized spacial score (nSPS) is 12.4. The lowest BCUT2D eigenvalue weighted by atomic mass is 10.0. The van der Waals surface area contributed by atoms with Crippen molar-refractivity contribution in [2.75, 3.05) is 13.2 Å². The molecule has 6 nitrogen and oxygen atoms in total. The van der Waals surface area contributed by atoms with E-state index in [0.29, 0.717) is 19.3 Å². The molecule has 0 heterocycles. The van der Waals surface area contributed by atoms with Crippen LogP contribution in [-0.2, 0) is 28.6 Å². The summed E-state index contributed by atoms with van der Waals surface area (Å²) in [7, 11) is 0. The zero-order valence-electron chi connectivity index (χ0n) is 55.7. The first-order valence-electron chi connectivity index (χ1n) is 36.8. The van der Waals surface area contributed by atoms with Crippen molar-refractivity contribution >= 4 is 17.9 Å². The van der Waals surface area contributed by atoms with Gasteiger partial charge in [-0.25, -0.2) is 0 Å². The third-order valence-electron chi connectivity index (χ3n) is 16.5. The monoisotopic (exact) mass is 1160 g/mol. The molecule has 0 aromatic heterocycles. The molecule has 0 saturated carbocycles. The second-order valence-electron chi connectivity index (χ2n) is 24.8. The highest BCUT2D eigenvalue weighted by molar-refractivity contribution is 5.71. The molecule has 0 aromatic rings. The SMILES string of the molecule is CC/C=C\C/C=C\C/C=C\C/C=C\CCCCCCCCCCCCC(=O)OC(COC(=O)CCCCCCCCCCCCCCC)COC(=O)CCCCCCCCCCCCCCCCCCC/C=C\CCCCCCCCCC. The quantitative estimate of drug-likeness (QED) is 0.0261. The van der Waals surface area contributed by atoms with Crippen molar-refractivity contribution < 1.29 is 28.6 Å². The van der Waals surface area contributed by atoms with Gasteiger partial charge in [-0.1, -0.05) is 351 Å². The Morgan fingerprint density at radius 2 is 0.470 bits per heavy atom. The number of esters is 3. The van der Waals surface area contributed by atoms with Gasteiger partial charge in [0.05, 0.1) is 0 Å². The average molecular weight is 1160 g/mol. The van der Waals surface area contributed by atoms with Crippen LogP contribution in [0.15, 0.2) is 60.8 Å². The number of hydrogen-bond donors (Lipinski definition) is 0. The summed E-state index contributed by atoms with van der Waals surface area (Å²) in [5, 5.41) is 0. The Hall–Kier alpha value is -2.89. The number of unbranched alkanes of at least 4 members (excludes halogenated alkanes) is 47. The van der Waals surface area contributed by atoms with E-state index in [4.69, 9.17) is 14.2 Å². The van der Waals surface area contributed by atoms with Crippen LogP contribution in [0.2, 0.25) is 0 Å². The molecule has 0 rings (SSSR count). The molecule has 0 aliphatic rings. The van der Waals surface area contributed by atoms with Crippen molar-refractivity contribution in [3.63, 3.8) is 0 Å². The maximum Gasteiger partial charge on any atom is 0.306 e. The highest BCUT2D eigenvalue weighted by atomic mass is 16.6. The van der Waals surface area contributed by atoms with Gasteiger partial charge in [-0.15, -0.1) is 0 Å². The Balaban J connectivity index is 4.21. The van der Waals surface area contributed by atoms with Gasteiger partial charge in [-0.05, 0) is 83.5 Å². The first-order valence-corrected chi connectivity index (χ1v) is 36.8. The van der Waals surface area contributed by atoms with Gasteiger partial charge in [0.25, 0.3) is 0 Å². The predicted molar refractivity (Wildman–Crippen MR) is 362 cm³/mol. The summed E-state index contributed by atoms with van der Waals surface area (Å²) in [5.41, 5.74) is 0. The summed E-state index contributed by atoms with van der Waals surface area (Å²) < 4.78 is 17.0. The van der Waals surface area contributed by atoms with E-state index < -0.39 is 6.10 Å². The molecule has 0 aliphatic carbocycles. The fraction of sp³-hybridized carbons (Fsp3) is 0.831. The fourth-order valence-electron chi connectivity index (χ4n) is 11.0. The molecule has 6 heteroatoms. The van der Waals surface area contributed by atoms with Crippen LogP contribution in [0.25, 0.3) is 0 Å². The topological polar surface area (TPSA) is 78.9 Å². The first-order chi connectivity index (χ1) is 41.0. The smallest absolute Gasteiger partial charge is 0.306 e. The molecule has 0 spiro atoms. The number of carbonyl (C=O) groups excluding carboxylic acids is 3. The van der Waals surface area contributed by atoms with E-state index in [0.717, 1.165) is 83.5 Å². The van der Waals surface area contributed by atoms with Gasteiger partial charge in [0, 0.05) is 19.3 Å². The first kappa shape index (κ1) is 80.1. The second kappa shape index (κ2) is 71.6. The zero-order valence-corrected chi connectivity index (χ0v) is 55.7. The Morgan fingerprint density at radius 1 is 0.253 bits per heavy atom. The Bertz CT molecular complexity index is 1470. The van der Waals surface area contributed by atoms with Crippen molar-refractivity contribution in [3.8, 4) is 0 Å². The van der Waals surface area contributed by atoms with Crippen molar-refractivity contribution in [1.82, 2.24) is 0 Å². The average Bonchev–Trinajstić information content (AvgIpc) is 3.49. The van der Waals surface area contributed by atoms with E-state index in [-0.39, 0.29) is 31.1 Å². The van der Waals surface area contributed by atoms with Gasteiger partial charge >= 0.3 is 17.9 Å². The summed E-state index contributed by atoms with van der Waals surface area (Å²) in [4.78, 5) is 38.5. The van der Waals surface area contributed by atoms with Crippen LogP contribution in [0.1, 0.15) is 393 Å². The van der Waals surface area contributed by atoms with Crippen LogP contribution < -0.4 is 0 Å². The summed E-state index contributed by atoms with van der Waals surface area (Å²) in [6.07, 6.45) is 92.6. The van der Waals surface area contributed by atoms with Gasteiger partial charge in [-0.2, -0.15) is 0 Å². The van der Waals surface area contributed by atoms with E-state index in [9.17, 15) is 14.4 Å². The summed E-state index contributed by atoms with van der Waals surface area (Å²) >= 11 is 0. The van der Waals surface area contributed by atoms with Gasteiger partial charge in [0.2, 0.25) is 0 Å². The molecule has 0 aromatic carbocycles. The van der Waals surface area contributed by atoms with Crippen molar-refractivity contribution in [2.45, 2.75) is 399 Å². The Kier molecular flexibility index (Phi) is 69.1. The molecule has 83 heavy (non-hydrogen) atoms. The minimum atomic E-state index is -0.775. The Morgan fingerprint density at radius 3 is 0.747 bits per heavy atom. The van der Waals surface area contributed by atoms with Gasteiger partial charge in [0.1, 0.15) is 13.2 Å². The molecule has 0 aliphatic heterocycles. The predicted octanol–water partition coefficient (Wildman–Crippen LogP) is 25.5. The maximum absolute atomic E-state index is 13.0. The third kappa shape index (κ3) is 69.8. The van der Waals surface area contributed by atoms with E-state index in [1.54, 1.807) is 0 Å². The van der Waals surface area contributed by atoms with Gasteiger partial charge in [-0.3, -0.25) is 14.4 Å². The van der Waals surface area contributed by atoms with Crippen LogP contribution in [-0.4, -0.2) is 37.2 Å². The standard InChI is InChI=1S/C77H140O6/c1-4-7-10-13-16-19-22-25-27-29-31-33-35-36-37-38-39-40-42-43-45-47-49-52-55-58-61-64-67-70-76(79)82-73-74(72-81-75(78)69-66-63-60-57-54-51-24-21-18-15-12-9-6-3)83-77(80)71-68-65-62-59-56-53-50-48-46-44-41-34-32-30-28-26-23-20-17-14-11-8-5-2/h8,11,17,20,26,28-29,31-32,34,74H,4-7,9-10,12-16,18-19,21-25,27,30,33,35-73H2,1-3H3/b11-8-,20-17-,28-26-,31-29-,34-32-. The number of ether oxygens (including phenoxy) is 3. The summed E-state index contributed by atoms with van der Waals surface area (Å²) in [6, 6.07) is 0. The molecule has 0 radical (unpaired) electrons. The number of carbonyl (C=O) groups is 3. The molecule has 0 amide bonds. The molecule has 0 saturated heterocycles. The molecule has 0 N–H and O–H groups in total. The van der Waals surface area contributed by atoms with E-state index >= 15 is 0 Å². The third-order valence-corrected chi connectivity index (χ3v) is 16.5. The number of allylic oxidation sites excluding steroid dienone is 10. The number of rotatable bonds is 68. The van der Waals surface area contributed by atoms with Crippen molar-refractivity contribution in [1.29, 1.82) is 0 Å². The highest BCUT2D eigenvalue weighted by Crippen LogP contribution is 2.18. The number of hydrogen-bond acceptors (Lipinski definition) is 6.